The molecule has 25 heavy (non-hydrogen) atoms. The third kappa shape index (κ3) is 3.48. The van der Waals surface area contributed by atoms with Gasteiger partial charge in [-0.25, -0.2) is 4.98 Å². The zero-order valence-electron chi connectivity index (χ0n) is 13.6. The first-order valence-corrected chi connectivity index (χ1v) is 8.56. The molecule has 0 aliphatic carbocycles. The van der Waals surface area contributed by atoms with Crippen LogP contribution in [0.3, 0.4) is 0 Å². The Kier molecular flexibility index (Phi) is 4.34. The molecule has 0 unspecified atom stereocenters. The van der Waals surface area contributed by atoms with Gasteiger partial charge in [0.2, 0.25) is 0 Å². The summed E-state index contributed by atoms with van der Waals surface area (Å²) in [7, 11) is 0. The summed E-state index contributed by atoms with van der Waals surface area (Å²) in [6.07, 6.45) is 4.12. The van der Waals surface area contributed by atoms with Crippen LogP contribution in [-0.4, -0.2) is 26.4 Å². The van der Waals surface area contributed by atoms with Gasteiger partial charge < -0.3 is 4.98 Å². The second kappa shape index (κ2) is 6.78. The molecule has 0 fully saturated rings. The molecule has 6 heteroatoms. The summed E-state index contributed by atoms with van der Waals surface area (Å²) in [5, 5.41) is 0.738. The minimum atomic E-state index is -0.0463. The number of fused-ring (bicyclic) bond motifs is 1. The van der Waals surface area contributed by atoms with Crippen molar-refractivity contribution in [1.82, 2.24) is 19.9 Å². The zero-order chi connectivity index (χ0) is 17.2. The van der Waals surface area contributed by atoms with Crippen LogP contribution in [0.15, 0.2) is 53.6 Å². The summed E-state index contributed by atoms with van der Waals surface area (Å²) in [5.74, 6) is 0.574. The molecule has 1 aromatic carbocycles. The second-order valence-corrected chi connectivity index (χ2v) is 6.61. The smallest absolute Gasteiger partial charge is 0.254 e. The van der Waals surface area contributed by atoms with Crippen LogP contribution in [0.2, 0.25) is 5.02 Å². The van der Waals surface area contributed by atoms with Gasteiger partial charge in [-0.2, -0.15) is 0 Å². The molecule has 3 aromatic rings. The molecule has 0 atom stereocenters. The fourth-order valence-electron chi connectivity index (χ4n) is 3.12. The zero-order valence-corrected chi connectivity index (χ0v) is 14.3. The van der Waals surface area contributed by atoms with Crippen LogP contribution in [0, 0.1) is 0 Å². The van der Waals surface area contributed by atoms with Crippen molar-refractivity contribution in [2.75, 3.05) is 6.54 Å². The lowest BCUT2D eigenvalue weighted by molar-refractivity contribution is 0.240. The summed E-state index contributed by atoms with van der Waals surface area (Å²) in [6, 6.07) is 11.6. The molecule has 3 heterocycles. The van der Waals surface area contributed by atoms with E-state index in [-0.39, 0.29) is 5.56 Å². The van der Waals surface area contributed by atoms with Crippen molar-refractivity contribution in [2.45, 2.75) is 19.5 Å². The Morgan fingerprint density at radius 1 is 1.20 bits per heavy atom. The molecule has 0 amide bonds. The average molecular weight is 353 g/mol. The highest BCUT2D eigenvalue weighted by Gasteiger charge is 2.21. The number of halogens is 1. The highest BCUT2D eigenvalue weighted by atomic mass is 35.5. The van der Waals surface area contributed by atoms with Gasteiger partial charge in [-0.1, -0.05) is 23.7 Å². The van der Waals surface area contributed by atoms with Crippen LogP contribution in [0.1, 0.15) is 16.8 Å². The number of nitrogens with zero attached hydrogens (tertiary/aromatic N) is 3. The van der Waals surface area contributed by atoms with E-state index in [2.05, 4.69) is 14.9 Å². The van der Waals surface area contributed by atoms with Gasteiger partial charge in [0, 0.05) is 48.2 Å². The van der Waals surface area contributed by atoms with E-state index < -0.39 is 0 Å². The Bertz CT molecular complexity index is 938. The van der Waals surface area contributed by atoms with Gasteiger partial charge in [-0.15, -0.1) is 0 Å². The molecule has 0 spiro atoms. The number of hydrogen-bond acceptors (Lipinski definition) is 4. The third-order valence-electron chi connectivity index (χ3n) is 4.41. The van der Waals surface area contributed by atoms with E-state index in [1.807, 2.05) is 36.4 Å². The predicted octanol–water partition coefficient (Wildman–Crippen LogP) is 3.04. The first-order chi connectivity index (χ1) is 12.2. The molecule has 4 rings (SSSR count). The van der Waals surface area contributed by atoms with Crippen LogP contribution in [0.4, 0.5) is 0 Å². The lowest BCUT2D eigenvalue weighted by atomic mass is 10.1. The molecule has 1 aliphatic rings. The van der Waals surface area contributed by atoms with Crippen molar-refractivity contribution in [2.24, 2.45) is 0 Å². The molecule has 0 saturated carbocycles. The predicted molar refractivity (Wildman–Crippen MR) is 97.4 cm³/mol. The first-order valence-electron chi connectivity index (χ1n) is 8.18. The van der Waals surface area contributed by atoms with Gasteiger partial charge in [0.1, 0.15) is 5.82 Å². The lowest BCUT2D eigenvalue weighted by Crippen LogP contribution is -2.35. The standard InChI is InChI=1S/C19H17ClN4O/c20-15-5-3-13(4-6-15)11-24-9-7-16-17(12-24)22-18(23-19(16)25)14-2-1-8-21-10-14/h1-6,8,10H,7,9,11-12H2,(H,22,23,25). The molecule has 126 valence electrons. The maximum atomic E-state index is 12.4. The third-order valence-corrected chi connectivity index (χ3v) is 4.66. The normalized spacial score (nSPS) is 14.3. The van der Waals surface area contributed by atoms with Crippen molar-refractivity contribution < 1.29 is 0 Å². The fourth-order valence-corrected chi connectivity index (χ4v) is 3.24. The Labute approximate surface area is 150 Å². The summed E-state index contributed by atoms with van der Waals surface area (Å²) in [4.78, 5) is 26.4. The molecule has 2 aromatic heterocycles. The Hall–Kier alpha value is -2.50. The van der Waals surface area contributed by atoms with Crippen LogP contribution < -0.4 is 5.56 Å². The monoisotopic (exact) mass is 352 g/mol. The molecular formula is C19H17ClN4O. The minimum absolute atomic E-state index is 0.0463. The number of hydrogen-bond donors (Lipinski definition) is 1. The Morgan fingerprint density at radius 2 is 2.04 bits per heavy atom. The van der Waals surface area contributed by atoms with Crippen LogP contribution in [0.25, 0.3) is 11.4 Å². The number of aromatic amines is 1. The van der Waals surface area contributed by atoms with Crippen molar-refractivity contribution >= 4 is 11.6 Å². The summed E-state index contributed by atoms with van der Waals surface area (Å²) in [5.41, 5.74) is 3.61. The van der Waals surface area contributed by atoms with Crippen molar-refractivity contribution in [3.8, 4) is 11.4 Å². The highest BCUT2D eigenvalue weighted by molar-refractivity contribution is 6.30. The maximum Gasteiger partial charge on any atom is 0.254 e. The lowest BCUT2D eigenvalue weighted by Gasteiger charge is -2.27. The number of benzene rings is 1. The van der Waals surface area contributed by atoms with Gasteiger partial charge in [0.15, 0.2) is 0 Å². The molecule has 0 bridgehead atoms. The van der Waals surface area contributed by atoms with Gasteiger partial charge >= 0.3 is 0 Å². The van der Waals surface area contributed by atoms with E-state index in [1.54, 1.807) is 12.4 Å². The molecule has 1 aliphatic heterocycles. The molecule has 0 saturated heterocycles. The minimum Gasteiger partial charge on any atom is -0.306 e. The van der Waals surface area contributed by atoms with Gasteiger partial charge in [0.25, 0.3) is 5.56 Å². The molecule has 0 radical (unpaired) electrons. The summed E-state index contributed by atoms with van der Waals surface area (Å²) < 4.78 is 0. The van der Waals surface area contributed by atoms with Crippen molar-refractivity contribution in [1.29, 1.82) is 0 Å². The van der Waals surface area contributed by atoms with E-state index in [0.29, 0.717) is 18.8 Å². The molecular weight excluding hydrogens is 336 g/mol. The maximum absolute atomic E-state index is 12.4. The number of H-pyrrole nitrogens is 1. The van der Waals surface area contributed by atoms with Crippen LogP contribution in [0.5, 0.6) is 0 Å². The molecule has 1 N–H and O–H groups in total. The van der Waals surface area contributed by atoms with Gasteiger partial charge in [-0.3, -0.25) is 14.7 Å². The van der Waals surface area contributed by atoms with Gasteiger partial charge in [-0.05, 0) is 36.2 Å². The van der Waals surface area contributed by atoms with E-state index in [1.165, 1.54) is 5.56 Å². The van der Waals surface area contributed by atoms with E-state index in [4.69, 9.17) is 16.6 Å². The molecule has 5 nitrogen and oxygen atoms in total. The number of nitrogens with one attached hydrogen (secondary N) is 1. The SMILES string of the molecule is O=c1[nH]c(-c2cccnc2)nc2c1CCN(Cc1ccc(Cl)cc1)C2. The van der Waals surface area contributed by atoms with Crippen molar-refractivity contribution in [3.63, 3.8) is 0 Å². The summed E-state index contributed by atoms with van der Waals surface area (Å²) in [6.45, 7) is 2.31. The summed E-state index contributed by atoms with van der Waals surface area (Å²) >= 11 is 5.95. The second-order valence-electron chi connectivity index (χ2n) is 6.17. The van der Waals surface area contributed by atoms with E-state index in [9.17, 15) is 4.79 Å². The van der Waals surface area contributed by atoms with Crippen LogP contribution in [-0.2, 0) is 19.5 Å². The number of aromatic nitrogens is 3. The Morgan fingerprint density at radius 3 is 2.80 bits per heavy atom. The average Bonchev–Trinajstić information content (AvgIpc) is 2.64. The Balaban J connectivity index is 1.60. The van der Waals surface area contributed by atoms with Crippen LogP contribution >= 0.6 is 11.6 Å². The van der Waals surface area contributed by atoms with Crippen molar-refractivity contribution in [3.05, 3.63) is 81.0 Å². The quantitative estimate of drug-likeness (QED) is 0.787. The highest BCUT2D eigenvalue weighted by Crippen LogP contribution is 2.20. The van der Waals surface area contributed by atoms with Gasteiger partial charge in [0.05, 0.1) is 5.69 Å². The largest absolute Gasteiger partial charge is 0.306 e. The topological polar surface area (TPSA) is 61.9 Å². The number of rotatable bonds is 3. The van der Waals surface area contributed by atoms with E-state index in [0.717, 1.165) is 34.9 Å². The van der Waals surface area contributed by atoms with E-state index >= 15 is 0 Å². The number of pyridine rings is 1. The fraction of sp³-hybridized carbons (Fsp3) is 0.211. The first kappa shape index (κ1) is 16.0.